The molecule has 5 heteroatoms. The maximum absolute atomic E-state index is 13.8. The Hall–Kier alpha value is -3.86. The van der Waals surface area contributed by atoms with Gasteiger partial charge in [0.05, 0.1) is 36.3 Å². The van der Waals surface area contributed by atoms with Crippen molar-refractivity contribution in [1.29, 1.82) is 0 Å². The molecule has 30 heavy (non-hydrogen) atoms. The van der Waals surface area contributed by atoms with Crippen LogP contribution in [0.5, 0.6) is 11.5 Å². The van der Waals surface area contributed by atoms with Crippen molar-refractivity contribution in [2.75, 3.05) is 14.2 Å². The van der Waals surface area contributed by atoms with Crippen LogP contribution >= 0.6 is 0 Å². The number of nitrogens with zero attached hydrogens (tertiary/aromatic N) is 2. The molecule has 0 bridgehead atoms. The van der Waals surface area contributed by atoms with Crippen molar-refractivity contribution in [3.05, 3.63) is 82.8 Å². The lowest BCUT2D eigenvalue weighted by molar-refractivity contribution is 0.355. The average molecular weight is 396 g/mol. The van der Waals surface area contributed by atoms with E-state index in [1.165, 1.54) is 0 Å². The number of fused-ring (bicyclic) bond motifs is 4. The van der Waals surface area contributed by atoms with Crippen molar-refractivity contribution in [2.45, 2.75) is 6.92 Å². The highest BCUT2D eigenvalue weighted by atomic mass is 16.5. The molecule has 5 nitrogen and oxygen atoms in total. The summed E-state index contributed by atoms with van der Waals surface area (Å²) in [6, 6.07) is 19.5. The van der Waals surface area contributed by atoms with Gasteiger partial charge in [-0.05, 0) is 36.1 Å². The predicted octanol–water partition coefficient (Wildman–Crippen LogP) is 5.02. The van der Waals surface area contributed by atoms with Gasteiger partial charge in [0.2, 0.25) is 0 Å². The van der Waals surface area contributed by atoms with Crippen LogP contribution in [0.25, 0.3) is 38.3 Å². The number of benzene rings is 3. The van der Waals surface area contributed by atoms with Gasteiger partial charge >= 0.3 is 0 Å². The molecular formula is C25H20N2O3. The van der Waals surface area contributed by atoms with Crippen molar-refractivity contribution in [3.8, 4) is 17.2 Å². The summed E-state index contributed by atoms with van der Waals surface area (Å²) in [4.78, 5) is 18.4. The van der Waals surface area contributed by atoms with Gasteiger partial charge in [-0.15, -0.1) is 0 Å². The first-order valence-electron chi connectivity index (χ1n) is 9.68. The van der Waals surface area contributed by atoms with Crippen molar-refractivity contribution >= 4 is 32.6 Å². The van der Waals surface area contributed by atoms with Crippen LogP contribution in [-0.4, -0.2) is 23.8 Å². The molecule has 0 radical (unpaired) electrons. The smallest absolute Gasteiger partial charge is 0.263 e. The molecule has 2 heterocycles. The van der Waals surface area contributed by atoms with E-state index < -0.39 is 0 Å². The van der Waals surface area contributed by atoms with Gasteiger partial charge in [0, 0.05) is 23.0 Å². The Morgan fingerprint density at radius 3 is 2.40 bits per heavy atom. The lowest BCUT2D eigenvalue weighted by Gasteiger charge is -2.18. The zero-order chi connectivity index (χ0) is 20.8. The molecule has 0 spiro atoms. The highest BCUT2D eigenvalue weighted by Crippen LogP contribution is 2.36. The van der Waals surface area contributed by atoms with E-state index in [-0.39, 0.29) is 5.56 Å². The molecule has 0 saturated heterocycles. The molecule has 5 aromatic rings. The Balaban J connectivity index is 2.06. The van der Waals surface area contributed by atoms with Gasteiger partial charge in [0.1, 0.15) is 0 Å². The minimum Gasteiger partial charge on any atom is -0.493 e. The summed E-state index contributed by atoms with van der Waals surface area (Å²) in [6.45, 7) is 1.96. The van der Waals surface area contributed by atoms with Crippen molar-refractivity contribution in [3.63, 3.8) is 0 Å². The third-order valence-corrected chi connectivity index (χ3v) is 5.58. The molecule has 148 valence electrons. The second kappa shape index (κ2) is 6.88. The molecule has 0 amide bonds. The summed E-state index contributed by atoms with van der Waals surface area (Å²) in [5, 5.41) is 3.46. The molecule has 0 atom stereocenters. The Morgan fingerprint density at radius 2 is 1.60 bits per heavy atom. The molecule has 0 unspecified atom stereocenters. The van der Waals surface area contributed by atoms with Crippen molar-refractivity contribution in [1.82, 2.24) is 9.55 Å². The zero-order valence-electron chi connectivity index (χ0n) is 17.0. The minimum absolute atomic E-state index is 0.0824. The number of ether oxygens (including phenoxy) is 2. The molecule has 0 N–H and O–H groups in total. The van der Waals surface area contributed by atoms with E-state index in [0.29, 0.717) is 16.9 Å². The molecule has 0 aliphatic heterocycles. The molecule has 0 aliphatic rings. The van der Waals surface area contributed by atoms with Gasteiger partial charge in [0.25, 0.3) is 5.56 Å². The van der Waals surface area contributed by atoms with Gasteiger partial charge in [0.15, 0.2) is 11.5 Å². The van der Waals surface area contributed by atoms with Gasteiger partial charge in [-0.1, -0.05) is 36.4 Å². The fraction of sp³-hybridized carbons (Fsp3) is 0.120. The molecule has 5 rings (SSSR count). The number of aryl methyl sites for hydroxylation is 1. The minimum atomic E-state index is -0.0824. The van der Waals surface area contributed by atoms with Crippen LogP contribution < -0.4 is 15.0 Å². The third kappa shape index (κ3) is 2.55. The Morgan fingerprint density at radius 1 is 0.867 bits per heavy atom. The molecule has 2 aromatic heterocycles. The Kier molecular flexibility index (Phi) is 4.17. The van der Waals surface area contributed by atoms with Crippen molar-refractivity contribution in [2.24, 2.45) is 0 Å². The molecular weight excluding hydrogens is 376 g/mol. The maximum atomic E-state index is 13.8. The van der Waals surface area contributed by atoms with Crippen LogP contribution in [0.15, 0.2) is 71.7 Å². The largest absolute Gasteiger partial charge is 0.493 e. The number of rotatable bonds is 3. The van der Waals surface area contributed by atoms with Gasteiger partial charge < -0.3 is 9.47 Å². The number of hydrogen-bond donors (Lipinski definition) is 0. The highest BCUT2D eigenvalue weighted by molar-refractivity contribution is 6.08. The number of hydrogen-bond acceptors (Lipinski definition) is 4. The Bertz CT molecular complexity index is 1500. The molecule has 3 aromatic carbocycles. The average Bonchev–Trinajstić information content (AvgIpc) is 2.78. The van der Waals surface area contributed by atoms with Gasteiger partial charge in [-0.2, -0.15) is 0 Å². The first-order valence-corrected chi connectivity index (χ1v) is 9.68. The number of pyridine rings is 2. The highest BCUT2D eigenvalue weighted by Gasteiger charge is 2.18. The monoisotopic (exact) mass is 396 g/mol. The van der Waals surface area contributed by atoms with E-state index in [0.717, 1.165) is 38.4 Å². The van der Waals surface area contributed by atoms with Crippen LogP contribution in [0.4, 0.5) is 0 Å². The lowest BCUT2D eigenvalue weighted by Crippen LogP contribution is -2.20. The normalized spacial score (nSPS) is 11.3. The number of aromatic nitrogens is 2. The second-order valence-corrected chi connectivity index (χ2v) is 7.21. The topological polar surface area (TPSA) is 53.4 Å². The third-order valence-electron chi connectivity index (χ3n) is 5.58. The maximum Gasteiger partial charge on any atom is 0.263 e. The summed E-state index contributed by atoms with van der Waals surface area (Å²) in [6.07, 6.45) is 1.75. The number of methoxy groups -OCH3 is 2. The first kappa shape index (κ1) is 18.2. The predicted molar refractivity (Wildman–Crippen MR) is 120 cm³/mol. The van der Waals surface area contributed by atoms with E-state index in [1.54, 1.807) is 25.0 Å². The molecule has 0 aliphatic carbocycles. The zero-order valence-corrected chi connectivity index (χ0v) is 17.0. The summed E-state index contributed by atoms with van der Waals surface area (Å²) in [7, 11) is 3.21. The van der Waals surface area contributed by atoms with Crippen LogP contribution in [0.3, 0.4) is 0 Å². The summed E-state index contributed by atoms with van der Waals surface area (Å²) < 4.78 is 12.8. The molecule has 0 fully saturated rings. The van der Waals surface area contributed by atoms with Crippen molar-refractivity contribution < 1.29 is 9.47 Å². The van der Waals surface area contributed by atoms with Crippen LogP contribution in [0, 0.1) is 6.92 Å². The summed E-state index contributed by atoms with van der Waals surface area (Å²) in [5.74, 6) is 1.19. The first-order chi connectivity index (χ1) is 14.6. The summed E-state index contributed by atoms with van der Waals surface area (Å²) in [5.41, 5.74) is 3.09. The van der Waals surface area contributed by atoms with E-state index >= 15 is 0 Å². The quantitative estimate of drug-likeness (QED) is 0.402. The van der Waals surface area contributed by atoms with E-state index in [1.807, 2.05) is 67.6 Å². The Labute approximate surface area is 173 Å². The standard InChI is InChI=1S/C25H20N2O3/c1-15-7-4-10-17-18-13-21(29-2)22(30-3)14-20(18)27(25(28)23(15)17)19-11-5-8-16-9-6-12-26-24(16)19/h4-14H,1-3H3. The van der Waals surface area contributed by atoms with E-state index in [9.17, 15) is 4.79 Å². The molecule has 0 saturated carbocycles. The van der Waals surface area contributed by atoms with E-state index in [4.69, 9.17) is 9.47 Å². The fourth-order valence-corrected chi connectivity index (χ4v) is 4.17. The lowest BCUT2D eigenvalue weighted by atomic mass is 10.0. The van der Waals surface area contributed by atoms with E-state index in [2.05, 4.69) is 4.98 Å². The van der Waals surface area contributed by atoms with Crippen LogP contribution in [0.2, 0.25) is 0 Å². The van der Waals surface area contributed by atoms with Crippen LogP contribution in [0.1, 0.15) is 5.56 Å². The van der Waals surface area contributed by atoms with Crippen LogP contribution in [-0.2, 0) is 0 Å². The summed E-state index contributed by atoms with van der Waals surface area (Å²) >= 11 is 0. The van der Waals surface area contributed by atoms with Gasteiger partial charge in [-0.25, -0.2) is 0 Å². The SMILES string of the molecule is COc1cc2c3cccc(C)c3c(=O)n(-c3cccc4cccnc34)c2cc1OC. The fourth-order valence-electron chi connectivity index (χ4n) is 4.17. The second-order valence-electron chi connectivity index (χ2n) is 7.21. The van der Waals surface area contributed by atoms with Gasteiger partial charge in [-0.3, -0.25) is 14.3 Å². The number of para-hydroxylation sites is 1.